The highest BCUT2D eigenvalue weighted by Gasteiger charge is 2.24. The molecule has 0 spiro atoms. The van der Waals surface area contributed by atoms with Crippen LogP contribution in [0.25, 0.3) is 0 Å². The number of hydrogen-bond acceptors (Lipinski definition) is 4. The summed E-state index contributed by atoms with van der Waals surface area (Å²) in [6.07, 6.45) is 0.885. The van der Waals surface area contributed by atoms with E-state index in [1.165, 1.54) is 0 Å². The molecule has 0 bridgehead atoms. The Morgan fingerprint density at radius 3 is 2.67 bits per heavy atom. The SMILES string of the molecule is CCOC(=O)C1=C(CN[C@@H](CC)c2ccc(Br)cc2)NC(=O)NC1. The molecule has 1 heterocycles. The van der Waals surface area contributed by atoms with Crippen LogP contribution in [0, 0.1) is 0 Å². The van der Waals surface area contributed by atoms with Crippen LogP contribution in [-0.2, 0) is 9.53 Å². The van der Waals surface area contributed by atoms with Gasteiger partial charge in [-0.2, -0.15) is 0 Å². The number of halogens is 1. The highest BCUT2D eigenvalue weighted by atomic mass is 79.9. The third-order valence-electron chi connectivity index (χ3n) is 3.78. The largest absolute Gasteiger partial charge is 0.463 e. The summed E-state index contributed by atoms with van der Waals surface area (Å²) in [5.41, 5.74) is 2.17. The molecule has 3 N–H and O–H groups in total. The van der Waals surface area contributed by atoms with Gasteiger partial charge in [0.15, 0.2) is 0 Å². The van der Waals surface area contributed by atoms with Gasteiger partial charge >= 0.3 is 12.0 Å². The summed E-state index contributed by atoms with van der Waals surface area (Å²) in [5.74, 6) is -0.404. The molecule has 0 saturated carbocycles. The minimum atomic E-state index is -0.404. The molecule has 2 rings (SSSR count). The van der Waals surface area contributed by atoms with E-state index < -0.39 is 5.97 Å². The van der Waals surface area contributed by atoms with Crippen LogP contribution in [0.4, 0.5) is 4.79 Å². The third kappa shape index (κ3) is 4.82. The number of urea groups is 1. The third-order valence-corrected chi connectivity index (χ3v) is 4.31. The van der Waals surface area contributed by atoms with Crippen molar-refractivity contribution in [3.05, 3.63) is 45.6 Å². The van der Waals surface area contributed by atoms with Crippen molar-refractivity contribution in [2.75, 3.05) is 19.7 Å². The summed E-state index contributed by atoms with van der Waals surface area (Å²) in [7, 11) is 0. The number of nitrogens with one attached hydrogen (secondary N) is 3. The molecule has 0 aliphatic carbocycles. The van der Waals surface area contributed by atoms with Crippen molar-refractivity contribution in [3.63, 3.8) is 0 Å². The molecule has 1 atom stereocenters. The van der Waals surface area contributed by atoms with Gasteiger partial charge in [-0.05, 0) is 31.0 Å². The average Bonchev–Trinajstić information content (AvgIpc) is 2.57. The van der Waals surface area contributed by atoms with Crippen LogP contribution >= 0.6 is 15.9 Å². The van der Waals surface area contributed by atoms with Crippen molar-refractivity contribution in [2.45, 2.75) is 26.3 Å². The van der Waals surface area contributed by atoms with Crippen molar-refractivity contribution >= 4 is 27.9 Å². The maximum atomic E-state index is 12.0. The number of hydrogen-bond donors (Lipinski definition) is 3. The van der Waals surface area contributed by atoms with Gasteiger partial charge in [0, 0.05) is 22.8 Å². The lowest BCUT2D eigenvalue weighted by molar-refractivity contribution is -0.138. The maximum absolute atomic E-state index is 12.0. The standard InChI is InChI=1S/C17H22BrN3O3/c1-3-14(11-5-7-12(18)8-6-11)19-10-15-13(16(22)24-4-2)9-20-17(23)21-15/h5-8,14,19H,3-4,9-10H2,1-2H3,(H2,20,21,23)/t14-/m0/s1. The molecule has 0 unspecified atom stereocenters. The van der Waals surface area contributed by atoms with E-state index in [1.807, 2.05) is 24.3 Å². The van der Waals surface area contributed by atoms with E-state index in [1.54, 1.807) is 6.92 Å². The lowest BCUT2D eigenvalue weighted by Crippen LogP contribution is -2.46. The quantitative estimate of drug-likeness (QED) is 0.620. The second-order valence-corrected chi connectivity index (χ2v) is 6.29. The van der Waals surface area contributed by atoms with Gasteiger partial charge in [0.05, 0.1) is 18.7 Å². The normalized spacial score (nSPS) is 15.5. The fourth-order valence-electron chi connectivity index (χ4n) is 2.51. The molecule has 0 fully saturated rings. The molecule has 0 saturated heterocycles. The number of carbonyl (C=O) groups is 2. The molecule has 7 heteroatoms. The molecule has 130 valence electrons. The molecule has 24 heavy (non-hydrogen) atoms. The summed E-state index contributed by atoms with van der Waals surface area (Å²) in [6, 6.07) is 7.90. The van der Waals surface area contributed by atoms with Crippen LogP contribution in [0.3, 0.4) is 0 Å². The van der Waals surface area contributed by atoms with Gasteiger partial charge < -0.3 is 20.7 Å². The van der Waals surface area contributed by atoms with E-state index in [4.69, 9.17) is 4.74 Å². The zero-order valence-electron chi connectivity index (χ0n) is 13.8. The Morgan fingerprint density at radius 2 is 2.04 bits per heavy atom. The number of amides is 2. The predicted molar refractivity (Wildman–Crippen MR) is 95.4 cm³/mol. The Labute approximate surface area is 150 Å². The smallest absolute Gasteiger partial charge is 0.337 e. The summed E-state index contributed by atoms with van der Waals surface area (Å²) >= 11 is 3.43. The van der Waals surface area contributed by atoms with Gasteiger partial charge in [-0.25, -0.2) is 9.59 Å². The number of esters is 1. The minimum Gasteiger partial charge on any atom is -0.463 e. The molecule has 1 aliphatic heterocycles. The summed E-state index contributed by atoms with van der Waals surface area (Å²) < 4.78 is 6.08. The molecule has 0 radical (unpaired) electrons. The number of carbonyl (C=O) groups excluding carboxylic acids is 2. The van der Waals surface area contributed by atoms with Gasteiger partial charge in [0.1, 0.15) is 0 Å². The maximum Gasteiger partial charge on any atom is 0.337 e. The lowest BCUT2D eigenvalue weighted by Gasteiger charge is -2.24. The van der Waals surface area contributed by atoms with Gasteiger partial charge in [-0.3, -0.25) is 0 Å². The Kier molecular flexibility index (Phi) is 6.81. The van der Waals surface area contributed by atoms with Crippen molar-refractivity contribution in [1.29, 1.82) is 0 Å². The monoisotopic (exact) mass is 395 g/mol. The number of ether oxygens (including phenoxy) is 1. The van der Waals surface area contributed by atoms with Crippen LogP contribution < -0.4 is 16.0 Å². The van der Waals surface area contributed by atoms with E-state index in [2.05, 4.69) is 38.8 Å². The average molecular weight is 396 g/mol. The van der Waals surface area contributed by atoms with Crippen LogP contribution in [-0.4, -0.2) is 31.7 Å². The molecule has 0 aromatic heterocycles. The molecule has 2 amide bonds. The van der Waals surface area contributed by atoms with Crippen molar-refractivity contribution in [3.8, 4) is 0 Å². The van der Waals surface area contributed by atoms with E-state index in [0.29, 0.717) is 24.4 Å². The molecular formula is C17H22BrN3O3. The summed E-state index contributed by atoms with van der Waals surface area (Å²) in [6.45, 7) is 4.70. The lowest BCUT2D eigenvalue weighted by atomic mass is 10.0. The van der Waals surface area contributed by atoms with Crippen molar-refractivity contribution < 1.29 is 14.3 Å². The van der Waals surface area contributed by atoms with Crippen molar-refractivity contribution in [2.24, 2.45) is 0 Å². The van der Waals surface area contributed by atoms with Gasteiger partial charge in [-0.15, -0.1) is 0 Å². The minimum absolute atomic E-state index is 0.126. The first-order valence-corrected chi connectivity index (χ1v) is 8.77. The first kappa shape index (κ1) is 18.5. The molecule has 6 nitrogen and oxygen atoms in total. The van der Waals surface area contributed by atoms with Gasteiger partial charge in [0.2, 0.25) is 0 Å². The van der Waals surface area contributed by atoms with E-state index in [0.717, 1.165) is 16.5 Å². The fourth-order valence-corrected chi connectivity index (χ4v) is 2.78. The van der Waals surface area contributed by atoms with Gasteiger partial charge in [0.25, 0.3) is 0 Å². The molecule has 1 aromatic rings. The number of rotatable bonds is 7. The van der Waals surface area contributed by atoms with Crippen LogP contribution in [0.1, 0.15) is 31.9 Å². The zero-order valence-corrected chi connectivity index (χ0v) is 15.4. The topological polar surface area (TPSA) is 79.5 Å². The highest BCUT2D eigenvalue weighted by molar-refractivity contribution is 9.10. The Hall–Kier alpha value is -1.86. The van der Waals surface area contributed by atoms with E-state index in [9.17, 15) is 9.59 Å². The fraction of sp³-hybridized carbons (Fsp3) is 0.412. The molecule has 1 aliphatic rings. The first-order chi connectivity index (χ1) is 11.5. The Balaban J connectivity index is 2.11. The second kappa shape index (κ2) is 8.84. The van der Waals surface area contributed by atoms with E-state index >= 15 is 0 Å². The molecule has 1 aromatic carbocycles. The highest BCUT2D eigenvalue weighted by Crippen LogP contribution is 2.20. The predicted octanol–water partition coefficient (Wildman–Crippen LogP) is 2.62. The Morgan fingerprint density at radius 1 is 1.33 bits per heavy atom. The van der Waals surface area contributed by atoms with E-state index in [-0.39, 0.29) is 18.6 Å². The summed E-state index contributed by atoms with van der Waals surface area (Å²) in [4.78, 5) is 23.6. The molecular weight excluding hydrogens is 374 g/mol. The van der Waals surface area contributed by atoms with Crippen LogP contribution in [0.2, 0.25) is 0 Å². The zero-order chi connectivity index (χ0) is 17.5. The number of benzene rings is 1. The van der Waals surface area contributed by atoms with Gasteiger partial charge in [-0.1, -0.05) is 35.0 Å². The van der Waals surface area contributed by atoms with Crippen LogP contribution in [0.5, 0.6) is 0 Å². The van der Waals surface area contributed by atoms with Crippen LogP contribution in [0.15, 0.2) is 40.0 Å². The summed E-state index contributed by atoms with van der Waals surface area (Å²) in [5, 5.41) is 8.70. The first-order valence-electron chi connectivity index (χ1n) is 7.98. The van der Waals surface area contributed by atoms with Crippen molar-refractivity contribution in [1.82, 2.24) is 16.0 Å². The Bertz CT molecular complexity index is 628. The second-order valence-electron chi connectivity index (χ2n) is 5.38.